The Bertz CT molecular complexity index is 1170. The number of fused-ring (bicyclic) bond motifs is 1. The molecule has 1 fully saturated rings. The van der Waals surface area contributed by atoms with Crippen LogP contribution in [0.25, 0.3) is 11.3 Å². The maximum atomic E-state index is 12.8. The maximum Gasteiger partial charge on any atom is 0.264 e. The number of amides is 2. The molecule has 4 heterocycles. The van der Waals surface area contributed by atoms with Crippen LogP contribution < -0.4 is 9.47 Å². The minimum atomic E-state index is 0.0492. The molecule has 0 aliphatic carbocycles. The molecule has 0 saturated carbocycles. The van der Waals surface area contributed by atoms with E-state index in [4.69, 9.17) is 9.47 Å². The second-order valence-corrected chi connectivity index (χ2v) is 9.86. The Kier molecular flexibility index (Phi) is 6.77. The van der Waals surface area contributed by atoms with Crippen LogP contribution in [0.4, 0.5) is 0 Å². The summed E-state index contributed by atoms with van der Waals surface area (Å²) in [7, 11) is 0. The number of carbonyl (C=O) groups excluding carboxylic acids is 2. The molecule has 2 amide bonds. The van der Waals surface area contributed by atoms with Gasteiger partial charge in [-0.25, -0.2) is 4.98 Å². The zero-order chi connectivity index (χ0) is 23.5. The molecule has 0 bridgehead atoms. The van der Waals surface area contributed by atoms with Crippen molar-refractivity contribution in [3.05, 3.63) is 46.8 Å². The van der Waals surface area contributed by atoms with Crippen LogP contribution in [0.1, 0.15) is 16.6 Å². The highest BCUT2D eigenvalue weighted by Gasteiger charge is 2.26. The Balaban J connectivity index is 1.19. The summed E-state index contributed by atoms with van der Waals surface area (Å²) in [5.41, 5.74) is 1.98. The van der Waals surface area contributed by atoms with Gasteiger partial charge in [0.1, 0.15) is 13.2 Å². The van der Waals surface area contributed by atoms with Gasteiger partial charge in [-0.1, -0.05) is 17.8 Å². The van der Waals surface area contributed by atoms with Crippen molar-refractivity contribution in [2.75, 3.05) is 45.1 Å². The highest BCUT2D eigenvalue weighted by molar-refractivity contribution is 7.99. The van der Waals surface area contributed by atoms with Crippen LogP contribution in [-0.2, 0) is 11.3 Å². The summed E-state index contributed by atoms with van der Waals surface area (Å²) >= 11 is 2.90. The first kappa shape index (κ1) is 22.8. The normalized spacial score (nSPS) is 15.4. The van der Waals surface area contributed by atoms with E-state index in [2.05, 4.69) is 16.5 Å². The van der Waals surface area contributed by atoms with E-state index >= 15 is 0 Å². The third-order valence-electron chi connectivity index (χ3n) is 5.95. The molecule has 2 aromatic heterocycles. The second kappa shape index (κ2) is 10.1. The van der Waals surface area contributed by atoms with Crippen LogP contribution in [0.2, 0.25) is 0 Å². The summed E-state index contributed by atoms with van der Waals surface area (Å²) in [5, 5.41) is 2.72. The van der Waals surface area contributed by atoms with E-state index < -0.39 is 0 Å². The van der Waals surface area contributed by atoms with Gasteiger partial charge in [-0.2, -0.15) is 0 Å². The fourth-order valence-electron chi connectivity index (χ4n) is 4.15. The van der Waals surface area contributed by atoms with Crippen molar-refractivity contribution in [3.63, 3.8) is 0 Å². The average molecular weight is 499 g/mol. The van der Waals surface area contributed by atoms with E-state index in [9.17, 15) is 9.59 Å². The smallest absolute Gasteiger partial charge is 0.264 e. The summed E-state index contributed by atoms with van der Waals surface area (Å²) in [6.45, 7) is 6.15. The van der Waals surface area contributed by atoms with Gasteiger partial charge < -0.3 is 23.8 Å². The van der Waals surface area contributed by atoms with E-state index in [0.717, 1.165) is 39.3 Å². The third kappa shape index (κ3) is 4.65. The first-order valence-electron chi connectivity index (χ1n) is 11.3. The molecule has 8 nitrogen and oxygen atoms in total. The molecule has 0 unspecified atom stereocenters. The first-order chi connectivity index (χ1) is 16.6. The summed E-state index contributed by atoms with van der Waals surface area (Å²) in [6.07, 6.45) is 1.84. The van der Waals surface area contributed by atoms with Gasteiger partial charge in [-0.15, -0.1) is 11.3 Å². The Morgan fingerprint density at radius 2 is 1.82 bits per heavy atom. The Morgan fingerprint density at radius 3 is 2.56 bits per heavy atom. The lowest BCUT2D eigenvalue weighted by molar-refractivity contribution is -0.129. The van der Waals surface area contributed by atoms with Gasteiger partial charge in [0.15, 0.2) is 16.7 Å². The zero-order valence-electron chi connectivity index (χ0n) is 18.9. The van der Waals surface area contributed by atoms with Crippen LogP contribution in [0.3, 0.4) is 0 Å². The first-order valence-corrected chi connectivity index (χ1v) is 13.2. The number of benzene rings is 1. The van der Waals surface area contributed by atoms with Crippen molar-refractivity contribution in [2.24, 2.45) is 0 Å². The molecule has 0 spiro atoms. The number of aromatic nitrogens is 2. The largest absolute Gasteiger partial charge is 0.486 e. The van der Waals surface area contributed by atoms with Crippen molar-refractivity contribution < 1.29 is 19.1 Å². The quantitative estimate of drug-likeness (QED) is 0.485. The van der Waals surface area contributed by atoms with Gasteiger partial charge in [0.2, 0.25) is 5.91 Å². The minimum Gasteiger partial charge on any atom is -0.486 e. The number of carbonyl (C=O) groups is 2. The van der Waals surface area contributed by atoms with Crippen molar-refractivity contribution in [1.29, 1.82) is 0 Å². The fraction of sp³-hybridized carbons (Fsp3) is 0.375. The van der Waals surface area contributed by atoms with E-state index in [1.807, 2.05) is 51.7 Å². The van der Waals surface area contributed by atoms with Gasteiger partial charge in [0, 0.05) is 38.3 Å². The predicted molar refractivity (Wildman–Crippen MR) is 132 cm³/mol. The van der Waals surface area contributed by atoms with Crippen molar-refractivity contribution in [3.8, 4) is 22.8 Å². The van der Waals surface area contributed by atoms with Crippen LogP contribution in [0, 0.1) is 0 Å². The van der Waals surface area contributed by atoms with Gasteiger partial charge >= 0.3 is 0 Å². The number of nitrogens with zero attached hydrogens (tertiary/aromatic N) is 4. The molecular weight excluding hydrogens is 472 g/mol. The summed E-state index contributed by atoms with van der Waals surface area (Å²) in [6, 6.07) is 9.64. The molecule has 3 aromatic rings. The van der Waals surface area contributed by atoms with Gasteiger partial charge in [-0.3, -0.25) is 9.59 Å². The molecule has 0 N–H and O–H groups in total. The molecular formula is C24H26N4O4S2. The summed E-state index contributed by atoms with van der Waals surface area (Å²) < 4.78 is 13.5. The highest BCUT2D eigenvalue weighted by Crippen LogP contribution is 2.35. The molecule has 1 saturated heterocycles. The number of piperazine rings is 1. The van der Waals surface area contributed by atoms with Crippen molar-refractivity contribution in [2.45, 2.75) is 18.6 Å². The fourth-order valence-corrected chi connectivity index (χ4v) is 5.78. The maximum absolute atomic E-state index is 12.8. The summed E-state index contributed by atoms with van der Waals surface area (Å²) in [5.74, 6) is 1.94. The number of ether oxygens (including phenoxy) is 2. The molecule has 34 heavy (non-hydrogen) atoms. The average Bonchev–Trinajstić information content (AvgIpc) is 3.57. The molecule has 2 aliphatic heterocycles. The SMILES string of the molecule is CCn1c(-c2ccc3c(c2)OCCO3)cnc1SCC(=O)N1CCN(C(=O)c2cccs2)CC1. The summed E-state index contributed by atoms with van der Waals surface area (Å²) in [4.78, 5) is 34.4. The minimum absolute atomic E-state index is 0.0492. The molecule has 0 radical (unpaired) electrons. The van der Waals surface area contributed by atoms with Crippen molar-refractivity contribution in [1.82, 2.24) is 19.4 Å². The number of thiophene rings is 1. The zero-order valence-corrected chi connectivity index (χ0v) is 20.6. The van der Waals surface area contributed by atoms with Crippen LogP contribution in [0.15, 0.2) is 47.1 Å². The van der Waals surface area contributed by atoms with Gasteiger partial charge in [0.25, 0.3) is 5.91 Å². The van der Waals surface area contributed by atoms with E-state index in [0.29, 0.717) is 45.1 Å². The Labute approximate surface area is 206 Å². The molecule has 0 atom stereocenters. The van der Waals surface area contributed by atoms with E-state index in [1.54, 1.807) is 0 Å². The standard InChI is InChI=1S/C24H26N4O4S2/c1-2-28-18(17-5-6-19-20(14-17)32-12-11-31-19)15-25-24(28)34-16-22(29)26-7-9-27(10-8-26)23(30)21-4-3-13-33-21/h3-6,13-15H,2,7-12,16H2,1H3. The second-order valence-electron chi connectivity index (χ2n) is 7.97. The molecule has 5 rings (SSSR count). The van der Waals surface area contributed by atoms with Gasteiger partial charge in [0.05, 0.1) is 22.5 Å². The molecule has 178 valence electrons. The topological polar surface area (TPSA) is 76.9 Å². The Hall–Kier alpha value is -2.98. The predicted octanol–water partition coefficient (Wildman–Crippen LogP) is 3.48. The van der Waals surface area contributed by atoms with E-state index in [-0.39, 0.29) is 11.8 Å². The van der Waals surface area contributed by atoms with Crippen LogP contribution in [0.5, 0.6) is 11.5 Å². The number of imidazole rings is 1. The van der Waals surface area contributed by atoms with Crippen LogP contribution in [-0.4, -0.2) is 76.3 Å². The van der Waals surface area contributed by atoms with Crippen LogP contribution >= 0.6 is 23.1 Å². The lowest BCUT2D eigenvalue weighted by Crippen LogP contribution is -2.51. The van der Waals surface area contributed by atoms with E-state index in [1.165, 1.54) is 23.1 Å². The third-order valence-corrected chi connectivity index (χ3v) is 7.78. The Morgan fingerprint density at radius 1 is 1.06 bits per heavy atom. The molecule has 10 heteroatoms. The van der Waals surface area contributed by atoms with Gasteiger partial charge in [-0.05, 0) is 36.6 Å². The lowest BCUT2D eigenvalue weighted by atomic mass is 10.1. The molecule has 2 aliphatic rings. The number of thioether (sulfide) groups is 1. The number of hydrogen-bond acceptors (Lipinski definition) is 7. The molecule has 1 aromatic carbocycles. The lowest BCUT2D eigenvalue weighted by Gasteiger charge is -2.34. The van der Waals surface area contributed by atoms with Crippen molar-refractivity contribution >= 4 is 34.9 Å². The monoisotopic (exact) mass is 498 g/mol. The number of hydrogen-bond donors (Lipinski definition) is 0. The highest BCUT2D eigenvalue weighted by atomic mass is 32.2. The number of rotatable bonds is 6.